The molecule has 2 aromatic carbocycles. The number of nitrogens with zero attached hydrogens (tertiary/aromatic N) is 4. The fourth-order valence-electron chi connectivity index (χ4n) is 3.30. The van der Waals surface area contributed by atoms with Gasteiger partial charge in [0, 0.05) is 25.0 Å². The molecule has 0 radical (unpaired) electrons. The molecule has 138 valence electrons. The molecule has 4 rings (SSSR count). The van der Waals surface area contributed by atoms with Crippen LogP contribution in [0.5, 0.6) is 0 Å². The van der Waals surface area contributed by atoms with Crippen LogP contribution in [0.1, 0.15) is 11.1 Å². The second-order valence-electron chi connectivity index (χ2n) is 6.88. The van der Waals surface area contributed by atoms with E-state index >= 15 is 0 Å². The fourth-order valence-corrected chi connectivity index (χ4v) is 4.19. The molecule has 1 aliphatic heterocycles. The fraction of sp³-hybridized carbons (Fsp3) is 0.286. The number of aromatic nitrogens is 2. The standard InChI is InChI=1S/C21H22N4OS/c1-14-8-9-18(15(2)12-14)27-13-19(26)25-11-10-24(3)20-21(25)23-17-7-5-4-6-16(17)22-20/h4-9,12H,10-11,13H2,1-3H3. The van der Waals surface area contributed by atoms with Gasteiger partial charge in [0.25, 0.3) is 0 Å². The van der Waals surface area contributed by atoms with Gasteiger partial charge >= 0.3 is 0 Å². The Bertz CT molecular complexity index is 1020. The lowest BCUT2D eigenvalue weighted by Gasteiger charge is -2.33. The number of carbonyl (C=O) groups excluding carboxylic acids is 1. The van der Waals surface area contributed by atoms with Crippen molar-refractivity contribution >= 4 is 40.3 Å². The van der Waals surface area contributed by atoms with Crippen molar-refractivity contribution in [1.82, 2.24) is 9.97 Å². The number of fused-ring (bicyclic) bond motifs is 2. The number of hydrogen-bond acceptors (Lipinski definition) is 5. The molecular weight excluding hydrogens is 356 g/mol. The number of rotatable bonds is 3. The van der Waals surface area contributed by atoms with E-state index in [0.717, 1.165) is 28.3 Å². The molecule has 0 N–H and O–H groups in total. The smallest absolute Gasteiger partial charge is 0.238 e. The summed E-state index contributed by atoms with van der Waals surface area (Å²) in [5, 5.41) is 0. The van der Waals surface area contributed by atoms with Gasteiger partial charge in [0.1, 0.15) is 0 Å². The van der Waals surface area contributed by atoms with Crippen molar-refractivity contribution in [1.29, 1.82) is 0 Å². The van der Waals surface area contributed by atoms with Crippen molar-refractivity contribution in [3.05, 3.63) is 53.6 Å². The number of benzene rings is 2. The molecule has 6 heteroatoms. The predicted molar refractivity (Wildman–Crippen MR) is 112 cm³/mol. The van der Waals surface area contributed by atoms with Crippen LogP contribution in [0.15, 0.2) is 47.4 Å². The largest absolute Gasteiger partial charge is 0.355 e. The molecule has 0 aliphatic carbocycles. The Morgan fingerprint density at radius 3 is 2.44 bits per heavy atom. The first-order chi connectivity index (χ1) is 13.0. The van der Waals surface area contributed by atoms with Gasteiger partial charge in [-0.05, 0) is 37.6 Å². The minimum atomic E-state index is 0.0684. The van der Waals surface area contributed by atoms with Gasteiger partial charge in [-0.2, -0.15) is 0 Å². The Kier molecular flexibility index (Phi) is 4.74. The van der Waals surface area contributed by atoms with E-state index in [-0.39, 0.29) is 5.91 Å². The SMILES string of the molecule is Cc1ccc(SCC(=O)N2CCN(C)c3nc4ccccc4nc32)c(C)c1. The van der Waals surface area contributed by atoms with Gasteiger partial charge in [0.2, 0.25) is 5.91 Å². The van der Waals surface area contributed by atoms with Crippen LogP contribution in [-0.2, 0) is 4.79 Å². The number of anilines is 2. The number of carbonyl (C=O) groups is 1. The highest BCUT2D eigenvalue weighted by atomic mass is 32.2. The van der Waals surface area contributed by atoms with Crippen LogP contribution >= 0.6 is 11.8 Å². The number of amides is 1. The molecule has 0 fully saturated rings. The van der Waals surface area contributed by atoms with E-state index in [1.165, 1.54) is 11.1 Å². The van der Waals surface area contributed by atoms with Crippen LogP contribution in [0.2, 0.25) is 0 Å². The third-order valence-corrected chi connectivity index (χ3v) is 5.95. The molecule has 0 saturated heterocycles. The lowest BCUT2D eigenvalue weighted by Crippen LogP contribution is -2.44. The molecule has 27 heavy (non-hydrogen) atoms. The highest BCUT2D eigenvalue weighted by Gasteiger charge is 2.28. The monoisotopic (exact) mass is 378 g/mol. The minimum absolute atomic E-state index is 0.0684. The molecule has 0 saturated carbocycles. The van der Waals surface area contributed by atoms with Gasteiger partial charge in [-0.15, -0.1) is 11.8 Å². The molecular formula is C21H22N4OS. The maximum atomic E-state index is 13.0. The first-order valence-electron chi connectivity index (χ1n) is 9.01. The zero-order valence-electron chi connectivity index (χ0n) is 15.8. The van der Waals surface area contributed by atoms with Crippen LogP contribution in [0.3, 0.4) is 0 Å². The second-order valence-corrected chi connectivity index (χ2v) is 7.90. The van der Waals surface area contributed by atoms with Gasteiger partial charge in [0.05, 0.1) is 16.8 Å². The maximum absolute atomic E-state index is 13.0. The molecule has 1 aromatic heterocycles. The van der Waals surface area contributed by atoms with Gasteiger partial charge in [-0.3, -0.25) is 9.69 Å². The average Bonchev–Trinajstić information content (AvgIpc) is 2.66. The molecule has 3 aromatic rings. The Labute approximate surface area is 163 Å². The number of thioether (sulfide) groups is 1. The topological polar surface area (TPSA) is 49.3 Å². The third-order valence-electron chi connectivity index (χ3n) is 4.79. The van der Waals surface area contributed by atoms with E-state index in [9.17, 15) is 4.79 Å². The Hall–Kier alpha value is -2.60. The van der Waals surface area contributed by atoms with Gasteiger partial charge < -0.3 is 4.90 Å². The maximum Gasteiger partial charge on any atom is 0.238 e. The second kappa shape index (κ2) is 7.19. The van der Waals surface area contributed by atoms with Gasteiger partial charge in [-0.1, -0.05) is 29.8 Å². The van der Waals surface area contributed by atoms with Crippen molar-refractivity contribution in [3.8, 4) is 0 Å². The third kappa shape index (κ3) is 3.49. The molecule has 5 nitrogen and oxygen atoms in total. The molecule has 2 heterocycles. The van der Waals surface area contributed by atoms with Crippen LogP contribution in [0.25, 0.3) is 11.0 Å². The number of hydrogen-bond donors (Lipinski definition) is 0. The Morgan fingerprint density at radius 1 is 1.04 bits per heavy atom. The van der Waals surface area contributed by atoms with E-state index in [0.29, 0.717) is 18.1 Å². The highest BCUT2D eigenvalue weighted by Crippen LogP contribution is 2.32. The Morgan fingerprint density at radius 2 is 1.74 bits per heavy atom. The van der Waals surface area contributed by atoms with E-state index in [1.807, 2.05) is 31.3 Å². The van der Waals surface area contributed by atoms with Crippen molar-refractivity contribution in [2.75, 3.05) is 35.7 Å². The summed E-state index contributed by atoms with van der Waals surface area (Å²) in [6.45, 7) is 5.54. The molecule has 1 amide bonds. The van der Waals surface area contributed by atoms with E-state index in [4.69, 9.17) is 9.97 Å². The lowest BCUT2D eigenvalue weighted by molar-refractivity contribution is -0.116. The molecule has 0 unspecified atom stereocenters. The summed E-state index contributed by atoms with van der Waals surface area (Å²) in [4.78, 5) is 27.4. The summed E-state index contributed by atoms with van der Waals surface area (Å²) >= 11 is 1.58. The summed E-state index contributed by atoms with van der Waals surface area (Å²) in [7, 11) is 1.99. The van der Waals surface area contributed by atoms with Crippen molar-refractivity contribution < 1.29 is 4.79 Å². The van der Waals surface area contributed by atoms with E-state index in [1.54, 1.807) is 16.7 Å². The summed E-state index contributed by atoms with van der Waals surface area (Å²) < 4.78 is 0. The molecule has 0 spiro atoms. The first kappa shape index (κ1) is 17.8. The summed E-state index contributed by atoms with van der Waals surface area (Å²) in [6.07, 6.45) is 0. The van der Waals surface area contributed by atoms with Crippen LogP contribution in [0, 0.1) is 13.8 Å². The normalized spacial score (nSPS) is 13.7. The predicted octanol–water partition coefficient (Wildman–Crippen LogP) is 3.82. The van der Waals surface area contributed by atoms with Gasteiger partial charge in [0.15, 0.2) is 11.6 Å². The molecule has 0 atom stereocenters. The van der Waals surface area contributed by atoms with Crippen molar-refractivity contribution in [2.45, 2.75) is 18.7 Å². The summed E-state index contributed by atoms with van der Waals surface area (Å²) in [5.41, 5.74) is 4.10. The van der Waals surface area contributed by atoms with Crippen LogP contribution in [-0.4, -0.2) is 41.8 Å². The quantitative estimate of drug-likeness (QED) is 0.649. The first-order valence-corrected chi connectivity index (χ1v) is 10.00. The van der Waals surface area contributed by atoms with E-state index in [2.05, 4.69) is 36.9 Å². The average molecular weight is 379 g/mol. The van der Waals surface area contributed by atoms with E-state index < -0.39 is 0 Å². The minimum Gasteiger partial charge on any atom is -0.355 e. The Balaban J connectivity index is 1.60. The van der Waals surface area contributed by atoms with Crippen molar-refractivity contribution in [3.63, 3.8) is 0 Å². The van der Waals surface area contributed by atoms with Crippen molar-refractivity contribution in [2.24, 2.45) is 0 Å². The van der Waals surface area contributed by atoms with Crippen LogP contribution in [0.4, 0.5) is 11.6 Å². The zero-order chi connectivity index (χ0) is 19.0. The van der Waals surface area contributed by atoms with Crippen LogP contribution < -0.4 is 9.80 Å². The number of likely N-dealkylation sites (N-methyl/N-ethyl adjacent to an activating group) is 1. The van der Waals surface area contributed by atoms with Gasteiger partial charge in [-0.25, -0.2) is 9.97 Å². The lowest BCUT2D eigenvalue weighted by atomic mass is 10.2. The summed E-state index contributed by atoms with van der Waals surface area (Å²) in [5.74, 6) is 1.89. The number of aryl methyl sites for hydroxylation is 2. The zero-order valence-corrected chi connectivity index (χ0v) is 16.6. The highest BCUT2D eigenvalue weighted by molar-refractivity contribution is 8.00. The molecule has 0 bridgehead atoms. The number of para-hydroxylation sites is 2. The summed E-state index contributed by atoms with van der Waals surface area (Å²) in [6, 6.07) is 14.1. The molecule has 1 aliphatic rings.